The summed E-state index contributed by atoms with van der Waals surface area (Å²) in [6, 6.07) is 8.99. The molecule has 1 unspecified atom stereocenters. The second kappa shape index (κ2) is 5.48. The molecular formula is C13H17NO3. The molecule has 0 spiro atoms. The van der Waals surface area contributed by atoms with Crippen molar-refractivity contribution in [2.75, 3.05) is 6.54 Å². The topological polar surface area (TPSA) is 66.4 Å². The molecule has 2 N–H and O–H groups in total. The number of carbonyl (C=O) groups excluding carboxylic acids is 1. The van der Waals surface area contributed by atoms with Crippen LogP contribution in [0.15, 0.2) is 30.3 Å². The SMILES string of the molecule is CCNC(=O)C(C)(CC(=O)O)c1ccccc1. The second-order valence-corrected chi connectivity index (χ2v) is 4.13. The van der Waals surface area contributed by atoms with Crippen molar-refractivity contribution in [3.05, 3.63) is 35.9 Å². The van der Waals surface area contributed by atoms with Crippen LogP contribution < -0.4 is 5.32 Å². The molecule has 1 rings (SSSR count). The summed E-state index contributed by atoms with van der Waals surface area (Å²) in [7, 11) is 0. The maximum Gasteiger partial charge on any atom is 0.304 e. The number of benzene rings is 1. The molecular weight excluding hydrogens is 218 g/mol. The van der Waals surface area contributed by atoms with Gasteiger partial charge in [0.1, 0.15) is 0 Å². The fraction of sp³-hybridized carbons (Fsp3) is 0.385. The summed E-state index contributed by atoms with van der Waals surface area (Å²) in [4.78, 5) is 22.9. The Morgan fingerprint density at radius 3 is 2.35 bits per heavy atom. The molecule has 1 aromatic rings. The van der Waals surface area contributed by atoms with Crippen LogP contribution in [0.4, 0.5) is 0 Å². The van der Waals surface area contributed by atoms with E-state index in [4.69, 9.17) is 5.11 Å². The number of rotatable bonds is 5. The zero-order valence-corrected chi connectivity index (χ0v) is 10.1. The number of hydrogen-bond donors (Lipinski definition) is 2. The first kappa shape index (κ1) is 13.2. The molecule has 0 aliphatic carbocycles. The maximum atomic E-state index is 12.0. The highest BCUT2D eigenvalue weighted by Gasteiger charge is 2.37. The maximum absolute atomic E-state index is 12.0. The standard InChI is InChI=1S/C13H17NO3/c1-3-14-12(17)13(2,9-11(15)16)10-7-5-4-6-8-10/h4-8H,3,9H2,1-2H3,(H,14,17)(H,15,16). The summed E-state index contributed by atoms with van der Waals surface area (Å²) in [5, 5.41) is 11.6. The average molecular weight is 235 g/mol. The Labute approximate surface area is 101 Å². The zero-order valence-electron chi connectivity index (χ0n) is 10.1. The van der Waals surface area contributed by atoms with Gasteiger partial charge < -0.3 is 10.4 Å². The molecule has 0 aliphatic rings. The fourth-order valence-corrected chi connectivity index (χ4v) is 1.78. The van der Waals surface area contributed by atoms with Crippen LogP contribution in [0.5, 0.6) is 0 Å². The fourth-order valence-electron chi connectivity index (χ4n) is 1.78. The van der Waals surface area contributed by atoms with Gasteiger partial charge in [0.15, 0.2) is 0 Å². The van der Waals surface area contributed by atoms with Crippen molar-refractivity contribution in [2.24, 2.45) is 0 Å². The predicted octanol–water partition coefficient (Wildman–Crippen LogP) is 1.56. The van der Waals surface area contributed by atoms with Crippen LogP contribution in [0.25, 0.3) is 0 Å². The highest BCUT2D eigenvalue weighted by molar-refractivity contribution is 5.91. The van der Waals surface area contributed by atoms with Crippen molar-refractivity contribution >= 4 is 11.9 Å². The Kier molecular flexibility index (Phi) is 4.26. The van der Waals surface area contributed by atoms with E-state index in [2.05, 4.69) is 5.32 Å². The Morgan fingerprint density at radius 2 is 1.88 bits per heavy atom. The molecule has 1 aromatic carbocycles. The first-order chi connectivity index (χ1) is 8.00. The Balaban J connectivity index is 3.10. The van der Waals surface area contributed by atoms with E-state index in [0.29, 0.717) is 12.1 Å². The third kappa shape index (κ3) is 3.06. The van der Waals surface area contributed by atoms with Crippen LogP contribution in [0, 0.1) is 0 Å². The quantitative estimate of drug-likeness (QED) is 0.813. The minimum atomic E-state index is -1.02. The normalized spacial score (nSPS) is 13.8. The number of likely N-dealkylation sites (N-methyl/N-ethyl adjacent to an activating group) is 1. The molecule has 1 atom stereocenters. The van der Waals surface area contributed by atoms with Gasteiger partial charge in [0.25, 0.3) is 0 Å². The van der Waals surface area contributed by atoms with Crippen LogP contribution in [0.2, 0.25) is 0 Å². The largest absolute Gasteiger partial charge is 0.481 e. The van der Waals surface area contributed by atoms with Gasteiger partial charge in [-0.2, -0.15) is 0 Å². The van der Waals surface area contributed by atoms with Gasteiger partial charge in [-0.15, -0.1) is 0 Å². The molecule has 0 aliphatic heterocycles. The molecule has 0 saturated carbocycles. The van der Waals surface area contributed by atoms with Crippen molar-refractivity contribution in [3.8, 4) is 0 Å². The number of hydrogen-bond acceptors (Lipinski definition) is 2. The van der Waals surface area contributed by atoms with E-state index in [9.17, 15) is 9.59 Å². The summed E-state index contributed by atoms with van der Waals surface area (Å²) in [5.74, 6) is -1.24. The third-order valence-corrected chi connectivity index (χ3v) is 2.75. The minimum Gasteiger partial charge on any atom is -0.481 e. The van der Waals surface area contributed by atoms with Crippen molar-refractivity contribution in [2.45, 2.75) is 25.7 Å². The van der Waals surface area contributed by atoms with Gasteiger partial charge in [-0.25, -0.2) is 0 Å². The summed E-state index contributed by atoms with van der Waals surface area (Å²) >= 11 is 0. The molecule has 4 nitrogen and oxygen atoms in total. The van der Waals surface area contributed by atoms with E-state index in [-0.39, 0.29) is 12.3 Å². The Morgan fingerprint density at radius 1 is 1.29 bits per heavy atom. The van der Waals surface area contributed by atoms with Crippen molar-refractivity contribution in [3.63, 3.8) is 0 Å². The van der Waals surface area contributed by atoms with Gasteiger partial charge in [0, 0.05) is 6.54 Å². The van der Waals surface area contributed by atoms with Gasteiger partial charge in [0.2, 0.25) is 5.91 Å². The number of amides is 1. The van der Waals surface area contributed by atoms with Crippen molar-refractivity contribution < 1.29 is 14.7 Å². The lowest BCUT2D eigenvalue weighted by Crippen LogP contribution is -2.43. The lowest BCUT2D eigenvalue weighted by molar-refractivity contribution is -0.141. The van der Waals surface area contributed by atoms with Crippen LogP contribution in [-0.2, 0) is 15.0 Å². The van der Waals surface area contributed by atoms with Crippen LogP contribution in [0.3, 0.4) is 0 Å². The van der Waals surface area contributed by atoms with E-state index in [1.54, 1.807) is 31.2 Å². The minimum absolute atomic E-state index is 0.219. The molecule has 17 heavy (non-hydrogen) atoms. The molecule has 4 heteroatoms. The second-order valence-electron chi connectivity index (χ2n) is 4.13. The van der Waals surface area contributed by atoms with Gasteiger partial charge >= 0.3 is 5.97 Å². The molecule has 0 radical (unpaired) electrons. The Bertz CT molecular complexity index is 402. The number of carbonyl (C=O) groups is 2. The van der Waals surface area contributed by atoms with Crippen LogP contribution >= 0.6 is 0 Å². The monoisotopic (exact) mass is 235 g/mol. The smallest absolute Gasteiger partial charge is 0.304 e. The van der Waals surface area contributed by atoms with E-state index in [1.807, 2.05) is 13.0 Å². The molecule has 0 bridgehead atoms. The number of carboxylic acid groups (broad SMARTS) is 1. The van der Waals surface area contributed by atoms with Crippen molar-refractivity contribution in [1.29, 1.82) is 0 Å². The Hall–Kier alpha value is -1.84. The molecule has 0 heterocycles. The summed E-state index contributed by atoms with van der Waals surface area (Å²) in [5.41, 5.74) is -0.309. The van der Waals surface area contributed by atoms with Gasteiger partial charge in [-0.05, 0) is 19.4 Å². The molecule has 1 amide bonds. The predicted molar refractivity (Wildman–Crippen MR) is 64.7 cm³/mol. The third-order valence-electron chi connectivity index (χ3n) is 2.75. The van der Waals surface area contributed by atoms with Gasteiger partial charge in [-0.3, -0.25) is 9.59 Å². The highest BCUT2D eigenvalue weighted by Crippen LogP contribution is 2.27. The molecule has 0 aromatic heterocycles. The first-order valence-corrected chi connectivity index (χ1v) is 5.56. The number of aliphatic carboxylic acids is 1. The van der Waals surface area contributed by atoms with Crippen molar-refractivity contribution in [1.82, 2.24) is 5.32 Å². The summed E-state index contributed by atoms with van der Waals surface area (Å²) < 4.78 is 0. The van der Waals surface area contributed by atoms with Crippen LogP contribution in [0.1, 0.15) is 25.8 Å². The van der Waals surface area contributed by atoms with E-state index >= 15 is 0 Å². The molecule has 92 valence electrons. The zero-order chi connectivity index (χ0) is 12.9. The number of nitrogens with one attached hydrogen (secondary N) is 1. The van der Waals surface area contributed by atoms with Gasteiger partial charge in [-0.1, -0.05) is 30.3 Å². The molecule has 0 fully saturated rings. The highest BCUT2D eigenvalue weighted by atomic mass is 16.4. The number of carboxylic acids is 1. The van der Waals surface area contributed by atoms with E-state index in [0.717, 1.165) is 0 Å². The lowest BCUT2D eigenvalue weighted by atomic mass is 9.78. The molecule has 0 saturated heterocycles. The van der Waals surface area contributed by atoms with E-state index in [1.165, 1.54) is 0 Å². The summed E-state index contributed by atoms with van der Waals surface area (Å²) in [6.07, 6.45) is -0.219. The first-order valence-electron chi connectivity index (χ1n) is 5.56. The van der Waals surface area contributed by atoms with Gasteiger partial charge in [0.05, 0.1) is 11.8 Å². The van der Waals surface area contributed by atoms with Crippen LogP contribution in [-0.4, -0.2) is 23.5 Å². The lowest BCUT2D eigenvalue weighted by Gasteiger charge is -2.27. The van der Waals surface area contributed by atoms with E-state index < -0.39 is 11.4 Å². The average Bonchev–Trinajstić information content (AvgIpc) is 2.29. The summed E-state index contributed by atoms with van der Waals surface area (Å²) in [6.45, 7) is 3.95.